The largest absolute Gasteiger partial charge is 0.360 e. The fourth-order valence-electron chi connectivity index (χ4n) is 2.18. The highest BCUT2D eigenvalue weighted by molar-refractivity contribution is 7.92. The topological polar surface area (TPSA) is 62.3 Å². The SMILES string of the molecule is CCCCN(C)c1ccc(NS(=O)(=O)c2cccc(C)c2)cn1. The Morgan fingerprint density at radius 3 is 2.61 bits per heavy atom. The number of unbranched alkanes of at least 4 members (excludes halogenated alkanes) is 1. The highest BCUT2D eigenvalue weighted by Gasteiger charge is 2.14. The molecule has 124 valence electrons. The molecule has 2 rings (SSSR count). The van der Waals surface area contributed by atoms with Crippen LogP contribution in [0, 0.1) is 6.92 Å². The van der Waals surface area contributed by atoms with Gasteiger partial charge in [0.05, 0.1) is 16.8 Å². The fraction of sp³-hybridized carbons (Fsp3) is 0.353. The molecule has 0 amide bonds. The predicted molar refractivity (Wildman–Crippen MR) is 94.4 cm³/mol. The van der Waals surface area contributed by atoms with E-state index in [0.717, 1.165) is 30.8 Å². The van der Waals surface area contributed by atoms with Gasteiger partial charge >= 0.3 is 0 Å². The van der Waals surface area contributed by atoms with Gasteiger partial charge in [0.2, 0.25) is 0 Å². The maximum absolute atomic E-state index is 12.4. The van der Waals surface area contributed by atoms with Crippen LogP contribution in [0.1, 0.15) is 25.3 Å². The van der Waals surface area contributed by atoms with Crippen LogP contribution in [0.2, 0.25) is 0 Å². The first-order valence-electron chi connectivity index (χ1n) is 7.69. The predicted octanol–water partition coefficient (Wildman–Crippen LogP) is 3.43. The lowest BCUT2D eigenvalue weighted by molar-refractivity contribution is 0.601. The first kappa shape index (κ1) is 17.3. The first-order valence-corrected chi connectivity index (χ1v) is 9.17. The van der Waals surface area contributed by atoms with Gasteiger partial charge in [0.1, 0.15) is 5.82 Å². The minimum atomic E-state index is -3.59. The molecule has 0 bridgehead atoms. The molecule has 0 radical (unpaired) electrons. The smallest absolute Gasteiger partial charge is 0.261 e. The number of pyridine rings is 1. The molecular formula is C17H23N3O2S. The molecule has 0 saturated carbocycles. The average Bonchev–Trinajstić information content (AvgIpc) is 2.53. The lowest BCUT2D eigenvalue weighted by Crippen LogP contribution is -2.19. The summed E-state index contributed by atoms with van der Waals surface area (Å²) in [6, 6.07) is 10.4. The third-order valence-electron chi connectivity index (χ3n) is 3.54. The Kier molecular flexibility index (Phi) is 5.60. The molecule has 5 nitrogen and oxygen atoms in total. The third kappa shape index (κ3) is 4.69. The lowest BCUT2D eigenvalue weighted by atomic mass is 10.2. The molecule has 0 fully saturated rings. The van der Waals surface area contributed by atoms with Crippen LogP contribution in [-0.4, -0.2) is 27.0 Å². The van der Waals surface area contributed by atoms with E-state index in [4.69, 9.17) is 0 Å². The van der Waals surface area contributed by atoms with Gasteiger partial charge in [-0.25, -0.2) is 13.4 Å². The van der Waals surface area contributed by atoms with Crippen molar-refractivity contribution in [1.82, 2.24) is 4.98 Å². The van der Waals surface area contributed by atoms with E-state index in [1.807, 2.05) is 26.1 Å². The highest BCUT2D eigenvalue weighted by atomic mass is 32.2. The van der Waals surface area contributed by atoms with Crippen molar-refractivity contribution < 1.29 is 8.42 Å². The minimum Gasteiger partial charge on any atom is -0.360 e. The summed E-state index contributed by atoms with van der Waals surface area (Å²) in [7, 11) is -1.61. The molecule has 0 atom stereocenters. The van der Waals surface area contributed by atoms with Gasteiger partial charge in [-0.15, -0.1) is 0 Å². The molecule has 2 aromatic rings. The molecule has 0 unspecified atom stereocenters. The third-order valence-corrected chi connectivity index (χ3v) is 4.92. The van der Waals surface area contributed by atoms with Crippen LogP contribution in [0.4, 0.5) is 11.5 Å². The molecule has 23 heavy (non-hydrogen) atoms. The van der Waals surface area contributed by atoms with E-state index in [9.17, 15) is 8.42 Å². The summed E-state index contributed by atoms with van der Waals surface area (Å²) in [5.41, 5.74) is 1.36. The molecule has 0 aliphatic rings. The second kappa shape index (κ2) is 7.46. The molecule has 0 aliphatic carbocycles. The summed E-state index contributed by atoms with van der Waals surface area (Å²) in [6.45, 7) is 4.93. The van der Waals surface area contributed by atoms with Crippen LogP contribution in [0.5, 0.6) is 0 Å². The highest BCUT2D eigenvalue weighted by Crippen LogP contribution is 2.18. The van der Waals surface area contributed by atoms with Gasteiger partial charge in [0.15, 0.2) is 0 Å². The Morgan fingerprint density at radius 2 is 2.00 bits per heavy atom. The maximum Gasteiger partial charge on any atom is 0.261 e. The molecular weight excluding hydrogens is 310 g/mol. The van der Waals surface area contributed by atoms with E-state index in [1.165, 1.54) is 0 Å². The Bertz CT molecular complexity index is 743. The molecule has 1 heterocycles. The normalized spacial score (nSPS) is 11.3. The van der Waals surface area contributed by atoms with Crippen LogP contribution in [0.15, 0.2) is 47.5 Å². The zero-order chi connectivity index (χ0) is 16.9. The van der Waals surface area contributed by atoms with Crippen molar-refractivity contribution in [2.45, 2.75) is 31.6 Å². The molecule has 1 N–H and O–H groups in total. The Labute approximate surface area is 138 Å². The van der Waals surface area contributed by atoms with Crippen molar-refractivity contribution in [1.29, 1.82) is 0 Å². The molecule has 0 aliphatic heterocycles. The van der Waals surface area contributed by atoms with Gasteiger partial charge in [0, 0.05) is 13.6 Å². The van der Waals surface area contributed by atoms with Gasteiger partial charge in [-0.2, -0.15) is 0 Å². The van der Waals surface area contributed by atoms with Crippen LogP contribution in [0.25, 0.3) is 0 Å². The van der Waals surface area contributed by atoms with Crippen LogP contribution in [-0.2, 0) is 10.0 Å². The number of sulfonamides is 1. The molecule has 1 aromatic carbocycles. The van der Waals surface area contributed by atoms with Crippen molar-refractivity contribution in [2.24, 2.45) is 0 Å². The van der Waals surface area contributed by atoms with Crippen LogP contribution in [0.3, 0.4) is 0 Å². The van der Waals surface area contributed by atoms with Crippen molar-refractivity contribution in [3.8, 4) is 0 Å². The first-order chi connectivity index (χ1) is 10.9. The van der Waals surface area contributed by atoms with E-state index in [0.29, 0.717) is 5.69 Å². The molecule has 6 heteroatoms. The fourth-order valence-corrected chi connectivity index (χ4v) is 3.33. The van der Waals surface area contributed by atoms with E-state index in [-0.39, 0.29) is 4.90 Å². The van der Waals surface area contributed by atoms with E-state index >= 15 is 0 Å². The zero-order valence-corrected chi connectivity index (χ0v) is 14.6. The zero-order valence-electron chi connectivity index (χ0n) is 13.8. The summed E-state index contributed by atoms with van der Waals surface area (Å²) in [5, 5.41) is 0. The quantitative estimate of drug-likeness (QED) is 0.843. The van der Waals surface area contributed by atoms with E-state index < -0.39 is 10.0 Å². The number of hydrogen-bond donors (Lipinski definition) is 1. The summed E-state index contributed by atoms with van der Waals surface area (Å²) in [5.74, 6) is 0.831. The number of aromatic nitrogens is 1. The number of nitrogens with one attached hydrogen (secondary N) is 1. The molecule has 0 saturated heterocycles. The van der Waals surface area contributed by atoms with Crippen molar-refractivity contribution in [2.75, 3.05) is 23.2 Å². The van der Waals surface area contributed by atoms with Gasteiger partial charge in [0.25, 0.3) is 10.0 Å². The lowest BCUT2D eigenvalue weighted by Gasteiger charge is -2.18. The maximum atomic E-state index is 12.4. The minimum absolute atomic E-state index is 0.252. The number of anilines is 2. The summed E-state index contributed by atoms with van der Waals surface area (Å²) >= 11 is 0. The van der Waals surface area contributed by atoms with Crippen molar-refractivity contribution >= 4 is 21.5 Å². The van der Waals surface area contributed by atoms with Crippen molar-refractivity contribution in [3.63, 3.8) is 0 Å². The van der Waals surface area contributed by atoms with Gasteiger partial charge in [-0.05, 0) is 43.2 Å². The average molecular weight is 333 g/mol. The van der Waals surface area contributed by atoms with Gasteiger partial charge in [-0.1, -0.05) is 25.5 Å². The second-order valence-electron chi connectivity index (χ2n) is 5.60. The standard InChI is InChI=1S/C17H23N3O2S/c1-4-5-11-20(3)17-10-9-15(13-18-17)19-23(21,22)16-8-6-7-14(2)12-16/h6-10,12-13,19H,4-5,11H2,1-3H3. The van der Waals surface area contributed by atoms with Crippen LogP contribution < -0.4 is 9.62 Å². The van der Waals surface area contributed by atoms with Crippen molar-refractivity contribution in [3.05, 3.63) is 48.2 Å². The molecule has 0 spiro atoms. The molecule has 1 aromatic heterocycles. The number of aryl methyl sites for hydroxylation is 1. The van der Waals surface area contributed by atoms with E-state index in [2.05, 4.69) is 21.5 Å². The summed E-state index contributed by atoms with van der Waals surface area (Å²) < 4.78 is 27.3. The number of hydrogen-bond acceptors (Lipinski definition) is 4. The second-order valence-corrected chi connectivity index (χ2v) is 7.28. The summed E-state index contributed by atoms with van der Waals surface area (Å²) in [6.07, 6.45) is 3.77. The summed E-state index contributed by atoms with van der Waals surface area (Å²) in [4.78, 5) is 6.64. The van der Waals surface area contributed by atoms with Gasteiger partial charge < -0.3 is 4.90 Å². The Balaban J connectivity index is 2.11. The van der Waals surface area contributed by atoms with Crippen LogP contribution >= 0.6 is 0 Å². The van der Waals surface area contributed by atoms with E-state index in [1.54, 1.807) is 30.5 Å². The van der Waals surface area contributed by atoms with Gasteiger partial charge in [-0.3, -0.25) is 4.72 Å². The number of rotatable bonds is 7. The number of nitrogens with zero attached hydrogens (tertiary/aromatic N) is 2. The Morgan fingerprint density at radius 1 is 1.22 bits per heavy atom. The number of benzene rings is 1. The monoisotopic (exact) mass is 333 g/mol. The Hall–Kier alpha value is -2.08.